The third-order valence-corrected chi connectivity index (χ3v) is 3.24. The summed E-state index contributed by atoms with van der Waals surface area (Å²) >= 11 is 5.90. The van der Waals surface area contributed by atoms with E-state index in [1.165, 1.54) is 12.1 Å². The largest absolute Gasteiger partial charge is 0.397 e. The van der Waals surface area contributed by atoms with E-state index in [9.17, 15) is 4.39 Å². The summed E-state index contributed by atoms with van der Waals surface area (Å²) in [6.07, 6.45) is 2.69. The van der Waals surface area contributed by atoms with Crippen LogP contribution in [0, 0.1) is 12.7 Å². The Morgan fingerprint density at radius 1 is 1.39 bits per heavy atom. The van der Waals surface area contributed by atoms with Gasteiger partial charge in [0.2, 0.25) is 0 Å². The quantitative estimate of drug-likeness (QED) is 0.863. The number of nitrogens with zero attached hydrogens (tertiary/aromatic N) is 2. The van der Waals surface area contributed by atoms with Gasteiger partial charge in [-0.25, -0.2) is 4.39 Å². The summed E-state index contributed by atoms with van der Waals surface area (Å²) in [5.41, 5.74) is 8.67. The predicted molar refractivity (Wildman–Crippen MR) is 72.1 cm³/mol. The molecule has 2 rings (SSSR count). The molecule has 3 nitrogen and oxygen atoms in total. The summed E-state index contributed by atoms with van der Waals surface area (Å²) in [6, 6.07) is 2.60. The zero-order chi connectivity index (χ0) is 13.3. The van der Waals surface area contributed by atoms with E-state index >= 15 is 0 Å². The molecule has 0 amide bonds. The van der Waals surface area contributed by atoms with E-state index < -0.39 is 5.82 Å². The Kier molecular flexibility index (Phi) is 3.57. The first-order valence-electron chi connectivity index (χ1n) is 5.82. The van der Waals surface area contributed by atoms with Gasteiger partial charge in [0.05, 0.1) is 16.9 Å². The van der Waals surface area contributed by atoms with E-state index in [0.717, 1.165) is 24.2 Å². The third-order valence-electron chi connectivity index (χ3n) is 2.92. The number of anilines is 1. The van der Waals surface area contributed by atoms with Crippen LogP contribution in [0.4, 0.5) is 10.1 Å². The van der Waals surface area contributed by atoms with Crippen molar-refractivity contribution in [2.24, 2.45) is 0 Å². The van der Waals surface area contributed by atoms with Gasteiger partial charge in [0.15, 0.2) is 0 Å². The Labute approximate surface area is 110 Å². The number of rotatable bonds is 3. The molecule has 0 fully saturated rings. The summed E-state index contributed by atoms with van der Waals surface area (Å²) in [4.78, 5) is 0. The van der Waals surface area contributed by atoms with Gasteiger partial charge in [-0.1, -0.05) is 18.5 Å². The summed E-state index contributed by atoms with van der Waals surface area (Å²) in [7, 11) is 0. The van der Waals surface area contributed by atoms with Gasteiger partial charge in [-0.3, -0.25) is 4.68 Å². The van der Waals surface area contributed by atoms with Gasteiger partial charge in [-0.15, -0.1) is 0 Å². The van der Waals surface area contributed by atoms with E-state index in [1.807, 2.05) is 11.6 Å². The molecule has 0 unspecified atom stereocenters. The molecule has 2 N–H and O–H groups in total. The van der Waals surface area contributed by atoms with E-state index in [-0.39, 0.29) is 5.02 Å². The minimum atomic E-state index is -0.396. The Morgan fingerprint density at radius 3 is 2.78 bits per heavy atom. The first-order chi connectivity index (χ1) is 8.54. The molecule has 0 bridgehead atoms. The molecule has 0 aliphatic rings. The van der Waals surface area contributed by atoms with Crippen LogP contribution in [0.5, 0.6) is 0 Å². The minimum absolute atomic E-state index is 0.229. The van der Waals surface area contributed by atoms with Gasteiger partial charge < -0.3 is 5.73 Å². The summed E-state index contributed by atoms with van der Waals surface area (Å²) < 4.78 is 15.3. The fourth-order valence-corrected chi connectivity index (χ4v) is 2.16. The van der Waals surface area contributed by atoms with Crippen LogP contribution < -0.4 is 5.73 Å². The fourth-order valence-electron chi connectivity index (χ4n) is 1.96. The Hall–Kier alpha value is -1.55. The molecule has 0 radical (unpaired) electrons. The molecule has 0 aliphatic heterocycles. The maximum atomic E-state index is 13.4. The van der Waals surface area contributed by atoms with Crippen molar-refractivity contribution in [3.8, 4) is 11.1 Å². The zero-order valence-electron chi connectivity index (χ0n) is 10.4. The molecule has 0 saturated heterocycles. The molecular formula is C13H15ClFN3. The number of hydrogen-bond acceptors (Lipinski definition) is 2. The van der Waals surface area contributed by atoms with Crippen LogP contribution in [-0.4, -0.2) is 9.78 Å². The fraction of sp³-hybridized carbons (Fsp3) is 0.308. The second-order valence-electron chi connectivity index (χ2n) is 4.22. The summed E-state index contributed by atoms with van der Waals surface area (Å²) in [5.74, 6) is -0.396. The van der Waals surface area contributed by atoms with E-state index in [2.05, 4.69) is 12.0 Å². The van der Waals surface area contributed by atoms with E-state index in [1.54, 1.807) is 6.20 Å². The number of halogens is 2. The lowest BCUT2D eigenvalue weighted by Crippen LogP contribution is -2.01. The molecule has 18 heavy (non-hydrogen) atoms. The Balaban J connectivity index is 2.55. The van der Waals surface area contributed by atoms with Crippen molar-refractivity contribution in [1.82, 2.24) is 9.78 Å². The number of nitrogens with two attached hydrogens (primary N) is 1. The molecule has 2 aromatic rings. The summed E-state index contributed by atoms with van der Waals surface area (Å²) in [5, 5.41) is 4.51. The van der Waals surface area contributed by atoms with Gasteiger partial charge in [0, 0.05) is 23.4 Å². The monoisotopic (exact) mass is 267 g/mol. The second kappa shape index (κ2) is 4.98. The van der Waals surface area contributed by atoms with Crippen LogP contribution in [0.15, 0.2) is 18.3 Å². The normalized spacial score (nSPS) is 10.9. The van der Waals surface area contributed by atoms with Crippen LogP contribution in [0.1, 0.15) is 19.0 Å². The van der Waals surface area contributed by atoms with Crippen molar-refractivity contribution in [1.29, 1.82) is 0 Å². The molecule has 1 aromatic carbocycles. The lowest BCUT2D eigenvalue weighted by molar-refractivity contribution is 0.587. The molecule has 1 heterocycles. The van der Waals surface area contributed by atoms with Crippen LogP contribution in [0.3, 0.4) is 0 Å². The first kappa shape index (κ1) is 12.9. The lowest BCUT2D eigenvalue weighted by Gasteiger charge is -2.08. The van der Waals surface area contributed by atoms with Crippen molar-refractivity contribution >= 4 is 17.3 Å². The molecule has 0 aliphatic carbocycles. The highest BCUT2D eigenvalue weighted by Crippen LogP contribution is 2.34. The number of aryl methyl sites for hydroxylation is 1. The molecule has 5 heteroatoms. The molecule has 0 saturated carbocycles. The van der Waals surface area contributed by atoms with Crippen molar-refractivity contribution in [2.75, 3.05) is 5.73 Å². The Morgan fingerprint density at radius 2 is 2.11 bits per heavy atom. The molecule has 0 atom stereocenters. The van der Waals surface area contributed by atoms with Crippen LogP contribution in [0.2, 0.25) is 5.02 Å². The number of benzene rings is 1. The lowest BCUT2D eigenvalue weighted by atomic mass is 10.0. The highest BCUT2D eigenvalue weighted by molar-refractivity contribution is 6.33. The van der Waals surface area contributed by atoms with Crippen LogP contribution in [-0.2, 0) is 6.54 Å². The topological polar surface area (TPSA) is 43.8 Å². The smallest absolute Gasteiger partial charge is 0.125 e. The highest BCUT2D eigenvalue weighted by Gasteiger charge is 2.14. The van der Waals surface area contributed by atoms with Gasteiger partial charge in [0.25, 0.3) is 0 Å². The van der Waals surface area contributed by atoms with Crippen molar-refractivity contribution in [3.63, 3.8) is 0 Å². The van der Waals surface area contributed by atoms with Gasteiger partial charge in [-0.05, 0) is 25.5 Å². The SMILES string of the molecule is CCCn1ncc(-c2cc(F)cc(Cl)c2N)c1C. The molecule has 96 valence electrons. The highest BCUT2D eigenvalue weighted by atomic mass is 35.5. The average Bonchev–Trinajstić information content (AvgIpc) is 2.67. The van der Waals surface area contributed by atoms with Crippen molar-refractivity contribution in [2.45, 2.75) is 26.8 Å². The number of nitrogen functional groups attached to an aromatic ring is 1. The second-order valence-corrected chi connectivity index (χ2v) is 4.62. The van der Waals surface area contributed by atoms with Crippen LogP contribution >= 0.6 is 11.6 Å². The molecule has 0 spiro atoms. The van der Waals surface area contributed by atoms with Crippen molar-refractivity contribution < 1.29 is 4.39 Å². The Bertz CT molecular complexity index is 578. The van der Waals surface area contributed by atoms with Gasteiger partial charge in [-0.2, -0.15) is 5.10 Å². The maximum absolute atomic E-state index is 13.4. The van der Waals surface area contributed by atoms with Gasteiger partial charge in [0.1, 0.15) is 5.82 Å². The van der Waals surface area contributed by atoms with Crippen LogP contribution in [0.25, 0.3) is 11.1 Å². The standard InChI is InChI=1S/C13H15ClFN3/c1-3-4-18-8(2)11(7-17-18)10-5-9(15)6-12(14)13(10)16/h5-7H,3-4,16H2,1-2H3. The predicted octanol–water partition coefficient (Wildman–Crippen LogP) is 3.64. The summed E-state index contributed by atoms with van der Waals surface area (Å²) in [6.45, 7) is 4.85. The maximum Gasteiger partial charge on any atom is 0.125 e. The van der Waals surface area contributed by atoms with Gasteiger partial charge >= 0.3 is 0 Å². The molecular weight excluding hydrogens is 253 g/mol. The van der Waals surface area contributed by atoms with E-state index in [0.29, 0.717) is 11.3 Å². The van der Waals surface area contributed by atoms with E-state index in [4.69, 9.17) is 17.3 Å². The number of aromatic nitrogens is 2. The van der Waals surface area contributed by atoms with Crippen molar-refractivity contribution in [3.05, 3.63) is 34.9 Å². The minimum Gasteiger partial charge on any atom is -0.397 e. The number of hydrogen-bond donors (Lipinski definition) is 1. The molecule has 1 aromatic heterocycles. The third kappa shape index (κ3) is 2.20. The average molecular weight is 268 g/mol. The first-order valence-corrected chi connectivity index (χ1v) is 6.19. The zero-order valence-corrected chi connectivity index (χ0v) is 11.1.